The van der Waals surface area contributed by atoms with Gasteiger partial charge in [-0.05, 0) is 48.9 Å². The van der Waals surface area contributed by atoms with E-state index < -0.39 is 11.7 Å². The fourth-order valence-corrected chi connectivity index (χ4v) is 2.23. The van der Waals surface area contributed by atoms with Crippen molar-refractivity contribution in [1.29, 1.82) is 0 Å². The Morgan fingerprint density at radius 1 is 1.04 bits per heavy atom. The third-order valence-corrected chi connectivity index (χ3v) is 3.61. The lowest BCUT2D eigenvalue weighted by molar-refractivity contribution is -0.137. The highest BCUT2D eigenvalue weighted by molar-refractivity contribution is 5.95. The van der Waals surface area contributed by atoms with Gasteiger partial charge < -0.3 is 21.1 Å². The van der Waals surface area contributed by atoms with Crippen LogP contribution in [0.4, 0.5) is 18.9 Å². The number of nitrogens with zero attached hydrogens (tertiary/aromatic N) is 1. The molecule has 0 fully saturated rings. The first-order valence-electron chi connectivity index (χ1n) is 8.55. The molecular weight excluding hydrogens is 373 g/mol. The predicted molar refractivity (Wildman–Crippen MR) is 101 cm³/mol. The number of alkyl halides is 3. The second kappa shape index (κ2) is 9.63. The van der Waals surface area contributed by atoms with Crippen LogP contribution in [0.25, 0.3) is 0 Å². The van der Waals surface area contributed by atoms with E-state index in [1.54, 1.807) is 12.1 Å². The van der Waals surface area contributed by atoms with Crippen LogP contribution in [0.15, 0.2) is 53.5 Å². The lowest BCUT2D eigenvalue weighted by atomic mass is 10.1. The van der Waals surface area contributed by atoms with Crippen molar-refractivity contribution in [3.8, 4) is 5.75 Å². The van der Waals surface area contributed by atoms with Gasteiger partial charge in [-0.3, -0.25) is 4.79 Å². The Bertz CT molecular complexity index is 803. The fraction of sp³-hybridized carbons (Fsp3) is 0.263. The van der Waals surface area contributed by atoms with Gasteiger partial charge in [0.05, 0.1) is 18.7 Å². The van der Waals surface area contributed by atoms with E-state index in [9.17, 15) is 23.1 Å². The van der Waals surface area contributed by atoms with Crippen LogP contribution in [0.1, 0.15) is 18.1 Å². The lowest BCUT2D eigenvalue weighted by Crippen LogP contribution is -2.41. The molecule has 2 rings (SSSR count). The summed E-state index contributed by atoms with van der Waals surface area (Å²) in [5.41, 5.74) is 0.436. The monoisotopic (exact) mass is 394 g/mol. The standard InChI is InChI=1S/C19H21F3N4O2/c1-2-23-18(24-11-13-3-5-14(6-4-13)19(20,21)22)25-12-17(28)26-15-7-9-16(27)10-8-15/h3-10,27H,2,11-12H2,1H3,(H,26,28)(H2,23,24,25). The van der Waals surface area contributed by atoms with E-state index in [2.05, 4.69) is 20.9 Å². The largest absolute Gasteiger partial charge is 0.508 e. The number of hydrogen-bond acceptors (Lipinski definition) is 3. The Labute approximate surface area is 160 Å². The normalized spacial score (nSPS) is 11.8. The molecule has 28 heavy (non-hydrogen) atoms. The molecule has 6 nitrogen and oxygen atoms in total. The maximum absolute atomic E-state index is 12.6. The van der Waals surface area contributed by atoms with E-state index in [4.69, 9.17) is 0 Å². The van der Waals surface area contributed by atoms with Gasteiger partial charge in [-0.2, -0.15) is 13.2 Å². The number of aromatic hydroxyl groups is 1. The van der Waals surface area contributed by atoms with Crippen LogP contribution in [0, 0.1) is 0 Å². The number of carbonyl (C=O) groups is 1. The molecule has 4 N–H and O–H groups in total. The molecule has 9 heteroatoms. The first-order valence-corrected chi connectivity index (χ1v) is 8.55. The third kappa shape index (κ3) is 6.82. The number of aliphatic imine (C=N–C) groups is 1. The Hall–Kier alpha value is -3.23. The van der Waals surface area contributed by atoms with Crippen LogP contribution in [0.5, 0.6) is 5.75 Å². The van der Waals surface area contributed by atoms with Gasteiger partial charge in [-0.1, -0.05) is 12.1 Å². The number of guanidine groups is 1. The van der Waals surface area contributed by atoms with Crippen LogP contribution < -0.4 is 16.0 Å². The number of anilines is 1. The molecule has 0 aliphatic heterocycles. The maximum Gasteiger partial charge on any atom is 0.416 e. The van der Waals surface area contributed by atoms with E-state index in [1.165, 1.54) is 24.3 Å². The van der Waals surface area contributed by atoms with Gasteiger partial charge >= 0.3 is 6.18 Å². The summed E-state index contributed by atoms with van der Waals surface area (Å²) in [5, 5.41) is 17.7. The van der Waals surface area contributed by atoms with Crippen LogP contribution in [-0.2, 0) is 17.5 Å². The van der Waals surface area contributed by atoms with Crippen molar-refractivity contribution in [2.75, 3.05) is 18.4 Å². The fourth-order valence-electron chi connectivity index (χ4n) is 2.23. The average Bonchev–Trinajstić information content (AvgIpc) is 2.65. The summed E-state index contributed by atoms with van der Waals surface area (Å²) < 4.78 is 37.8. The molecular formula is C19H21F3N4O2. The van der Waals surface area contributed by atoms with Crippen LogP contribution in [-0.4, -0.2) is 30.1 Å². The summed E-state index contributed by atoms with van der Waals surface area (Å²) in [6.45, 7) is 2.51. The summed E-state index contributed by atoms with van der Waals surface area (Å²) >= 11 is 0. The predicted octanol–water partition coefficient (Wildman–Crippen LogP) is 3.10. The first-order chi connectivity index (χ1) is 13.3. The van der Waals surface area contributed by atoms with Gasteiger partial charge in [-0.25, -0.2) is 4.99 Å². The number of phenolic OH excluding ortho intramolecular Hbond substituents is 1. The Kier molecular flexibility index (Phi) is 7.25. The number of hydrogen-bond donors (Lipinski definition) is 4. The van der Waals surface area contributed by atoms with Crippen molar-refractivity contribution in [3.05, 3.63) is 59.7 Å². The number of phenols is 1. The van der Waals surface area contributed by atoms with Crippen molar-refractivity contribution >= 4 is 17.6 Å². The topological polar surface area (TPSA) is 85.8 Å². The van der Waals surface area contributed by atoms with Crippen molar-refractivity contribution in [3.63, 3.8) is 0 Å². The molecule has 0 aliphatic rings. The molecule has 2 aromatic rings. The minimum Gasteiger partial charge on any atom is -0.508 e. The van der Waals surface area contributed by atoms with Crippen molar-refractivity contribution in [1.82, 2.24) is 10.6 Å². The molecule has 0 saturated heterocycles. The van der Waals surface area contributed by atoms with E-state index in [0.717, 1.165) is 12.1 Å². The third-order valence-electron chi connectivity index (χ3n) is 3.61. The minimum atomic E-state index is -4.37. The molecule has 0 bridgehead atoms. The molecule has 150 valence electrons. The smallest absolute Gasteiger partial charge is 0.416 e. The summed E-state index contributed by atoms with van der Waals surface area (Å²) in [6, 6.07) is 10.8. The van der Waals surface area contributed by atoms with Gasteiger partial charge in [0.2, 0.25) is 5.91 Å². The van der Waals surface area contributed by atoms with Crippen LogP contribution in [0.2, 0.25) is 0 Å². The highest BCUT2D eigenvalue weighted by Gasteiger charge is 2.29. The van der Waals surface area contributed by atoms with Crippen LogP contribution >= 0.6 is 0 Å². The highest BCUT2D eigenvalue weighted by atomic mass is 19.4. The maximum atomic E-state index is 12.6. The zero-order valence-electron chi connectivity index (χ0n) is 15.2. The van der Waals surface area contributed by atoms with Crippen molar-refractivity contribution < 1.29 is 23.1 Å². The first kappa shape index (κ1) is 21.1. The number of carbonyl (C=O) groups excluding carboxylic acids is 1. The SMILES string of the molecule is CCNC(=NCc1ccc(C(F)(F)F)cc1)NCC(=O)Nc1ccc(O)cc1. The van der Waals surface area contributed by atoms with Crippen molar-refractivity contribution in [2.24, 2.45) is 4.99 Å². The zero-order chi connectivity index (χ0) is 20.6. The van der Waals surface area contributed by atoms with Crippen LogP contribution in [0.3, 0.4) is 0 Å². The van der Waals surface area contributed by atoms with Gasteiger partial charge in [0, 0.05) is 12.2 Å². The molecule has 0 spiro atoms. The molecule has 0 unspecified atom stereocenters. The van der Waals surface area contributed by atoms with Gasteiger partial charge in [0.1, 0.15) is 5.75 Å². The highest BCUT2D eigenvalue weighted by Crippen LogP contribution is 2.29. The molecule has 0 heterocycles. The lowest BCUT2D eigenvalue weighted by Gasteiger charge is -2.12. The summed E-state index contributed by atoms with van der Waals surface area (Å²) in [5.74, 6) is 0.148. The molecule has 2 aromatic carbocycles. The number of benzene rings is 2. The van der Waals surface area contributed by atoms with Gasteiger partial charge in [0.15, 0.2) is 5.96 Å². The molecule has 0 atom stereocenters. The number of nitrogens with one attached hydrogen (secondary N) is 3. The molecule has 0 radical (unpaired) electrons. The molecule has 0 saturated carbocycles. The zero-order valence-corrected chi connectivity index (χ0v) is 15.2. The van der Waals surface area contributed by atoms with E-state index in [0.29, 0.717) is 23.8 Å². The molecule has 0 aliphatic carbocycles. The molecule has 1 amide bonds. The summed E-state index contributed by atoms with van der Waals surface area (Å²) in [4.78, 5) is 16.3. The van der Waals surface area contributed by atoms with E-state index in [-0.39, 0.29) is 24.7 Å². The van der Waals surface area contributed by atoms with Crippen molar-refractivity contribution in [2.45, 2.75) is 19.6 Å². The average molecular weight is 394 g/mol. The van der Waals surface area contributed by atoms with E-state index >= 15 is 0 Å². The van der Waals surface area contributed by atoms with E-state index in [1.807, 2.05) is 6.92 Å². The number of halogens is 3. The Balaban J connectivity index is 1.90. The summed E-state index contributed by atoms with van der Waals surface area (Å²) in [6.07, 6.45) is -4.37. The molecule has 0 aromatic heterocycles. The number of rotatable bonds is 6. The second-order valence-electron chi connectivity index (χ2n) is 5.84. The van der Waals surface area contributed by atoms with Gasteiger partial charge in [-0.15, -0.1) is 0 Å². The quantitative estimate of drug-likeness (QED) is 0.345. The Morgan fingerprint density at radius 2 is 1.68 bits per heavy atom. The number of amides is 1. The minimum absolute atomic E-state index is 0.0558. The summed E-state index contributed by atoms with van der Waals surface area (Å²) in [7, 11) is 0. The second-order valence-corrected chi connectivity index (χ2v) is 5.84. The Morgan fingerprint density at radius 3 is 2.25 bits per heavy atom. The van der Waals surface area contributed by atoms with Gasteiger partial charge in [0.25, 0.3) is 0 Å².